The Morgan fingerprint density at radius 1 is 1.56 bits per heavy atom. The lowest BCUT2D eigenvalue weighted by Gasteiger charge is -2.29. The van der Waals surface area contributed by atoms with E-state index in [4.69, 9.17) is 9.84 Å². The number of hydrogen-bond donors (Lipinski definition) is 1. The summed E-state index contributed by atoms with van der Waals surface area (Å²) < 4.78 is 17.6. The van der Waals surface area contributed by atoms with Gasteiger partial charge >= 0.3 is 5.97 Å². The van der Waals surface area contributed by atoms with E-state index >= 15 is 0 Å². The van der Waals surface area contributed by atoms with Gasteiger partial charge in [0.05, 0.1) is 6.20 Å². The molecule has 0 radical (unpaired) electrons. The predicted molar refractivity (Wildman–Crippen MR) is 55.7 cm³/mol. The molecule has 0 aliphatic rings. The average molecular weight is 227 g/mol. The average Bonchev–Trinajstić information content (AvgIpc) is 2.18. The smallest absolute Gasteiger partial charge is 0.333 e. The van der Waals surface area contributed by atoms with Gasteiger partial charge in [0, 0.05) is 18.2 Å². The van der Waals surface area contributed by atoms with E-state index in [0.717, 1.165) is 6.20 Å². The molecule has 0 amide bonds. The maximum atomic E-state index is 12.7. The van der Waals surface area contributed by atoms with Crippen molar-refractivity contribution in [3.05, 3.63) is 29.8 Å². The Morgan fingerprint density at radius 2 is 2.19 bits per heavy atom. The zero-order valence-electron chi connectivity index (χ0n) is 9.40. The summed E-state index contributed by atoms with van der Waals surface area (Å²) in [7, 11) is 1.32. The molecule has 0 aromatic carbocycles. The molecule has 1 atom stereocenters. The maximum absolute atomic E-state index is 12.7. The summed E-state index contributed by atoms with van der Waals surface area (Å²) in [6.45, 7) is 3.38. The third kappa shape index (κ3) is 2.36. The fraction of sp³-hybridized carbons (Fsp3) is 0.455. The number of nitrogens with zero attached hydrogens (tertiary/aromatic N) is 1. The van der Waals surface area contributed by atoms with E-state index in [1.165, 1.54) is 19.2 Å². The maximum Gasteiger partial charge on any atom is 0.333 e. The summed E-state index contributed by atoms with van der Waals surface area (Å²) in [5, 5.41) is 9.00. The molecule has 0 saturated carbocycles. The molecule has 1 rings (SSSR count). The molecule has 16 heavy (non-hydrogen) atoms. The monoisotopic (exact) mass is 227 g/mol. The molecule has 88 valence electrons. The number of rotatable bonds is 4. The fourth-order valence-corrected chi connectivity index (χ4v) is 1.60. The van der Waals surface area contributed by atoms with Gasteiger partial charge in [0.25, 0.3) is 0 Å². The lowest BCUT2D eigenvalue weighted by molar-refractivity contribution is -0.152. The number of methoxy groups -OCH3 is 1. The zero-order chi connectivity index (χ0) is 12.3. The number of aliphatic carboxylic acids is 1. The molecule has 0 aliphatic heterocycles. The highest BCUT2D eigenvalue weighted by atomic mass is 19.1. The number of ether oxygens (including phenoxy) is 1. The lowest BCUT2D eigenvalue weighted by atomic mass is 9.82. The number of halogens is 1. The first-order chi connectivity index (χ1) is 7.39. The number of carbonyl (C=O) groups is 1. The van der Waals surface area contributed by atoms with E-state index in [-0.39, 0.29) is 0 Å². The molecule has 4 nitrogen and oxygen atoms in total. The van der Waals surface area contributed by atoms with Crippen molar-refractivity contribution in [1.29, 1.82) is 0 Å². The third-order valence-electron chi connectivity index (χ3n) is 2.50. The van der Waals surface area contributed by atoms with E-state index in [0.29, 0.717) is 5.69 Å². The Hall–Kier alpha value is -1.49. The van der Waals surface area contributed by atoms with Crippen LogP contribution >= 0.6 is 0 Å². The molecule has 1 aromatic rings. The van der Waals surface area contributed by atoms with E-state index < -0.39 is 23.3 Å². The molecule has 1 N–H and O–H groups in total. The minimum Gasteiger partial charge on any atom is -0.479 e. The van der Waals surface area contributed by atoms with Crippen molar-refractivity contribution in [2.75, 3.05) is 7.11 Å². The molecule has 0 bridgehead atoms. The van der Waals surface area contributed by atoms with Gasteiger partial charge in [-0.15, -0.1) is 0 Å². The van der Waals surface area contributed by atoms with Crippen LogP contribution in [0.15, 0.2) is 18.3 Å². The van der Waals surface area contributed by atoms with Gasteiger partial charge in [-0.2, -0.15) is 0 Å². The summed E-state index contributed by atoms with van der Waals surface area (Å²) in [4.78, 5) is 14.9. The fourth-order valence-electron chi connectivity index (χ4n) is 1.60. The predicted octanol–water partition coefficient (Wildman–Crippen LogP) is 1.60. The molecule has 0 spiro atoms. The van der Waals surface area contributed by atoms with Crippen LogP contribution in [-0.2, 0) is 14.9 Å². The number of aromatic nitrogens is 1. The second-order valence-electron chi connectivity index (χ2n) is 4.04. The second kappa shape index (κ2) is 4.57. The van der Waals surface area contributed by atoms with Crippen LogP contribution in [0.4, 0.5) is 4.39 Å². The molecule has 1 unspecified atom stereocenters. The highest BCUT2D eigenvalue weighted by Gasteiger charge is 2.38. The van der Waals surface area contributed by atoms with Gasteiger partial charge in [-0.25, -0.2) is 9.18 Å². The summed E-state index contributed by atoms with van der Waals surface area (Å²) >= 11 is 0. The van der Waals surface area contributed by atoms with Gasteiger partial charge < -0.3 is 9.84 Å². The largest absolute Gasteiger partial charge is 0.479 e. The first-order valence-corrected chi connectivity index (χ1v) is 4.77. The number of carboxylic acid groups (broad SMARTS) is 1. The lowest BCUT2D eigenvalue weighted by Crippen LogP contribution is -2.42. The Labute approximate surface area is 93.1 Å². The van der Waals surface area contributed by atoms with Crippen molar-refractivity contribution in [3.8, 4) is 0 Å². The van der Waals surface area contributed by atoms with Crippen molar-refractivity contribution in [3.63, 3.8) is 0 Å². The molecule has 0 saturated heterocycles. The van der Waals surface area contributed by atoms with Crippen LogP contribution in [0.2, 0.25) is 0 Å². The van der Waals surface area contributed by atoms with Crippen molar-refractivity contribution in [2.45, 2.75) is 25.4 Å². The molecule has 1 aromatic heterocycles. The topological polar surface area (TPSA) is 59.4 Å². The van der Waals surface area contributed by atoms with Crippen LogP contribution in [-0.4, -0.2) is 29.3 Å². The Morgan fingerprint density at radius 3 is 2.56 bits per heavy atom. The van der Waals surface area contributed by atoms with Gasteiger partial charge in [-0.05, 0) is 12.1 Å². The van der Waals surface area contributed by atoms with Crippen LogP contribution in [0.1, 0.15) is 19.5 Å². The standard InChI is InChI=1S/C11H14FNO3/c1-11(2,9(16-3)10(14)15)8-5-4-7(12)6-13-8/h4-6,9H,1-3H3,(H,14,15). The molecule has 0 fully saturated rings. The molecule has 5 heteroatoms. The SMILES string of the molecule is COC(C(=O)O)C(C)(C)c1ccc(F)cn1. The second-order valence-corrected chi connectivity index (χ2v) is 4.04. The number of pyridine rings is 1. The first-order valence-electron chi connectivity index (χ1n) is 4.77. The quantitative estimate of drug-likeness (QED) is 0.848. The first kappa shape index (κ1) is 12.6. The summed E-state index contributed by atoms with van der Waals surface area (Å²) in [5.74, 6) is -1.53. The van der Waals surface area contributed by atoms with Gasteiger partial charge in [0.1, 0.15) is 5.82 Å². The van der Waals surface area contributed by atoms with E-state index in [1.807, 2.05) is 0 Å². The van der Waals surface area contributed by atoms with Crippen molar-refractivity contribution < 1.29 is 19.0 Å². The van der Waals surface area contributed by atoms with Crippen LogP contribution in [0, 0.1) is 5.82 Å². The Kier molecular flexibility index (Phi) is 3.59. The molecule has 0 aliphatic carbocycles. The minimum absolute atomic E-state index is 0.455. The van der Waals surface area contributed by atoms with Gasteiger partial charge in [-0.3, -0.25) is 4.98 Å². The van der Waals surface area contributed by atoms with Crippen LogP contribution in [0.5, 0.6) is 0 Å². The van der Waals surface area contributed by atoms with E-state index in [1.54, 1.807) is 13.8 Å². The van der Waals surface area contributed by atoms with Crippen LogP contribution in [0.25, 0.3) is 0 Å². The highest BCUT2D eigenvalue weighted by molar-refractivity contribution is 5.74. The summed E-state index contributed by atoms with van der Waals surface area (Å²) in [5.41, 5.74) is -0.350. The molecule has 1 heterocycles. The van der Waals surface area contributed by atoms with E-state index in [2.05, 4.69) is 4.98 Å². The van der Waals surface area contributed by atoms with Gasteiger partial charge in [0.15, 0.2) is 6.10 Å². The normalized spacial score (nSPS) is 13.5. The van der Waals surface area contributed by atoms with Crippen molar-refractivity contribution in [1.82, 2.24) is 4.98 Å². The van der Waals surface area contributed by atoms with Gasteiger partial charge in [-0.1, -0.05) is 13.8 Å². The Balaban J connectivity index is 3.08. The van der Waals surface area contributed by atoms with Crippen molar-refractivity contribution in [2.24, 2.45) is 0 Å². The van der Waals surface area contributed by atoms with Gasteiger partial charge in [0.2, 0.25) is 0 Å². The van der Waals surface area contributed by atoms with E-state index in [9.17, 15) is 9.18 Å². The summed E-state index contributed by atoms with van der Waals surface area (Å²) in [6, 6.07) is 2.71. The number of hydrogen-bond acceptors (Lipinski definition) is 3. The molecular weight excluding hydrogens is 213 g/mol. The van der Waals surface area contributed by atoms with Crippen LogP contribution < -0.4 is 0 Å². The third-order valence-corrected chi connectivity index (χ3v) is 2.50. The molecular formula is C11H14FNO3. The number of carboxylic acids is 1. The summed E-state index contributed by atoms with van der Waals surface area (Å²) in [6.07, 6.45) is 0.0384. The highest BCUT2D eigenvalue weighted by Crippen LogP contribution is 2.27. The van der Waals surface area contributed by atoms with Crippen LogP contribution in [0.3, 0.4) is 0 Å². The Bertz CT molecular complexity index is 375. The van der Waals surface area contributed by atoms with Crippen molar-refractivity contribution >= 4 is 5.97 Å². The zero-order valence-corrected chi connectivity index (χ0v) is 9.40. The minimum atomic E-state index is -1.07.